The van der Waals surface area contributed by atoms with E-state index in [0.717, 1.165) is 24.5 Å². The highest BCUT2D eigenvalue weighted by atomic mass is 32.1. The zero-order valence-corrected chi connectivity index (χ0v) is 16.9. The number of hydrogen-bond donors (Lipinski definition) is 2. The lowest BCUT2D eigenvalue weighted by Gasteiger charge is -2.21. The lowest BCUT2D eigenvalue weighted by atomic mass is 10.2. The van der Waals surface area contributed by atoms with Crippen molar-refractivity contribution < 1.29 is 14.0 Å². The van der Waals surface area contributed by atoms with E-state index in [4.69, 9.17) is 4.42 Å². The normalized spacial score (nSPS) is 13.5. The second-order valence-corrected chi connectivity index (χ2v) is 7.78. The number of furan rings is 1. The minimum absolute atomic E-state index is 0.134. The molecule has 1 aliphatic heterocycles. The van der Waals surface area contributed by atoms with E-state index in [0.29, 0.717) is 22.1 Å². The number of para-hydroxylation sites is 2. The monoisotopic (exact) mass is 410 g/mol. The van der Waals surface area contributed by atoms with Crippen LogP contribution in [0, 0.1) is 6.92 Å². The van der Waals surface area contributed by atoms with Gasteiger partial charge in [0.1, 0.15) is 5.76 Å². The third-order valence-corrected chi connectivity index (χ3v) is 5.65. The van der Waals surface area contributed by atoms with E-state index in [2.05, 4.69) is 20.5 Å². The topological polar surface area (TPSA) is 87.5 Å². The fourth-order valence-corrected chi connectivity index (χ4v) is 4.11. The van der Waals surface area contributed by atoms with Crippen LogP contribution in [0.4, 0.5) is 16.5 Å². The van der Waals surface area contributed by atoms with Gasteiger partial charge in [-0.3, -0.25) is 14.9 Å². The molecule has 4 rings (SSSR count). The number of carbonyl (C=O) groups is 2. The molecule has 29 heavy (non-hydrogen) atoms. The molecule has 8 heteroatoms. The Morgan fingerprint density at radius 1 is 1.17 bits per heavy atom. The minimum atomic E-state index is -0.277. The van der Waals surface area contributed by atoms with Crippen molar-refractivity contribution in [1.82, 2.24) is 4.98 Å². The first-order valence-electron chi connectivity index (χ1n) is 9.54. The Morgan fingerprint density at radius 2 is 1.97 bits per heavy atom. The Morgan fingerprint density at radius 3 is 2.72 bits per heavy atom. The fourth-order valence-electron chi connectivity index (χ4n) is 3.40. The van der Waals surface area contributed by atoms with Gasteiger partial charge in [0.05, 0.1) is 35.3 Å². The van der Waals surface area contributed by atoms with Crippen molar-refractivity contribution in [2.45, 2.75) is 26.2 Å². The van der Waals surface area contributed by atoms with E-state index in [1.807, 2.05) is 24.3 Å². The van der Waals surface area contributed by atoms with Crippen molar-refractivity contribution in [2.24, 2.45) is 0 Å². The summed E-state index contributed by atoms with van der Waals surface area (Å²) in [5.41, 5.74) is 2.96. The molecule has 2 amide bonds. The molecule has 0 saturated carbocycles. The number of carbonyl (C=O) groups excluding carboxylic acids is 2. The summed E-state index contributed by atoms with van der Waals surface area (Å²) in [7, 11) is 0. The molecule has 2 N–H and O–H groups in total. The summed E-state index contributed by atoms with van der Waals surface area (Å²) in [6, 6.07) is 9.48. The highest BCUT2D eigenvalue weighted by Crippen LogP contribution is 2.29. The van der Waals surface area contributed by atoms with Gasteiger partial charge in [-0.05, 0) is 38.0 Å². The maximum Gasteiger partial charge on any atom is 0.260 e. The predicted molar refractivity (Wildman–Crippen MR) is 114 cm³/mol. The van der Waals surface area contributed by atoms with Crippen LogP contribution in [0.15, 0.2) is 46.4 Å². The molecular weight excluding hydrogens is 388 g/mol. The molecule has 1 aliphatic rings. The molecule has 2 aromatic heterocycles. The Kier molecular flexibility index (Phi) is 5.62. The first-order valence-corrected chi connectivity index (χ1v) is 10.4. The smallest absolute Gasteiger partial charge is 0.260 e. The highest BCUT2D eigenvalue weighted by molar-refractivity contribution is 7.14. The van der Waals surface area contributed by atoms with Gasteiger partial charge in [-0.2, -0.15) is 0 Å². The molecule has 1 aromatic carbocycles. The average Bonchev–Trinajstić information content (AvgIpc) is 3.45. The number of rotatable bonds is 6. The number of aromatic nitrogens is 1. The Labute approximate surface area is 172 Å². The number of nitrogens with zero attached hydrogens (tertiary/aromatic N) is 2. The number of thiazole rings is 1. The number of nitrogens with one attached hydrogen (secondary N) is 2. The molecule has 1 fully saturated rings. The maximum atomic E-state index is 12.5. The predicted octanol–water partition coefficient (Wildman–Crippen LogP) is 4.08. The molecule has 7 nitrogen and oxygen atoms in total. The summed E-state index contributed by atoms with van der Waals surface area (Å²) in [6.45, 7) is 3.75. The minimum Gasteiger partial charge on any atom is -0.469 e. The summed E-state index contributed by atoms with van der Waals surface area (Å²) < 4.78 is 5.15. The number of benzene rings is 1. The molecule has 3 aromatic rings. The van der Waals surface area contributed by atoms with E-state index >= 15 is 0 Å². The van der Waals surface area contributed by atoms with Gasteiger partial charge in [-0.15, -0.1) is 11.3 Å². The molecule has 1 saturated heterocycles. The second kappa shape index (κ2) is 8.48. The summed E-state index contributed by atoms with van der Waals surface area (Å²) >= 11 is 1.29. The van der Waals surface area contributed by atoms with Crippen molar-refractivity contribution >= 4 is 39.7 Å². The Hall–Kier alpha value is -3.13. The van der Waals surface area contributed by atoms with Crippen molar-refractivity contribution in [3.8, 4) is 0 Å². The van der Waals surface area contributed by atoms with Crippen LogP contribution in [-0.2, 0) is 11.2 Å². The summed E-state index contributed by atoms with van der Waals surface area (Å²) in [4.78, 5) is 31.4. The Bertz CT molecular complexity index is 1020. The van der Waals surface area contributed by atoms with Crippen LogP contribution in [0.3, 0.4) is 0 Å². The van der Waals surface area contributed by atoms with Gasteiger partial charge < -0.3 is 14.6 Å². The first kappa shape index (κ1) is 19.2. The molecule has 0 radical (unpaired) electrons. The van der Waals surface area contributed by atoms with Crippen molar-refractivity contribution in [3.63, 3.8) is 0 Å². The molecule has 150 valence electrons. The van der Waals surface area contributed by atoms with E-state index in [1.165, 1.54) is 30.4 Å². The summed E-state index contributed by atoms with van der Waals surface area (Å²) in [6.07, 6.45) is 3.97. The standard InChI is InChI=1S/C21H22N4O3S/c1-14-16(8-11-28-14)20(27)24-21-22-15(13-29-21)12-19(26)23-17-6-2-3-7-18(17)25-9-4-5-10-25/h2-3,6-8,11,13H,4-5,9-10,12H2,1H3,(H,23,26)(H,22,24,27). The van der Waals surface area contributed by atoms with Gasteiger partial charge in [0, 0.05) is 18.5 Å². The zero-order chi connectivity index (χ0) is 20.2. The van der Waals surface area contributed by atoms with Crippen LogP contribution in [0.2, 0.25) is 0 Å². The number of anilines is 3. The third kappa shape index (κ3) is 4.48. The SMILES string of the molecule is Cc1occc1C(=O)Nc1nc(CC(=O)Nc2ccccc2N2CCCC2)cs1. The van der Waals surface area contributed by atoms with Crippen LogP contribution in [0.1, 0.15) is 34.7 Å². The van der Waals surface area contributed by atoms with Crippen LogP contribution < -0.4 is 15.5 Å². The molecular formula is C21H22N4O3S. The van der Waals surface area contributed by atoms with E-state index < -0.39 is 0 Å². The number of amides is 2. The van der Waals surface area contributed by atoms with Crippen LogP contribution in [-0.4, -0.2) is 29.9 Å². The second-order valence-electron chi connectivity index (χ2n) is 6.92. The highest BCUT2D eigenvalue weighted by Gasteiger charge is 2.18. The van der Waals surface area contributed by atoms with Gasteiger partial charge in [-0.1, -0.05) is 12.1 Å². The van der Waals surface area contributed by atoms with E-state index in [9.17, 15) is 9.59 Å². The molecule has 0 atom stereocenters. The lowest BCUT2D eigenvalue weighted by Crippen LogP contribution is -2.21. The van der Waals surface area contributed by atoms with Crippen LogP contribution >= 0.6 is 11.3 Å². The maximum absolute atomic E-state index is 12.5. The van der Waals surface area contributed by atoms with Gasteiger partial charge in [-0.25, -0.2) is 4.98 Å². The third-order valence-electron chi connectivity index (χ3n) is 4.84. The molecule has 0 aliphatic carbocycles. The van der Waals surface area contributed by atoms with E-state index in [-0.39, 0.29) is 18.2 Å². The van der Waals surface area contributed by atoms with Gasteiger partial charge in [0.2, 0.25) is 5.91 Å². The van der Waals surface area contributed by atoms with Crippen LogP contribution in [0.5, 0.6) is 0 Å². The van der Waals surface area contributed by atoms with Crippen LogP contribution in [0.25, 0.3) is 0 Å². The van der Waals surface area contributed by atoms with Crippen molar-refractivity contribution in [3.05, 3.63) is 59.0 Å². The average molecular weight is 410 g/mol. The van der Waals surface area contributed by atoms with E-state index in [1.54, 1.807) is 18.4 Å². The quantitative estimate of drug-likeness (QED) is 0.639. The fraction of sp³-hybridized carbons (Fsp3) is 0.286. The van der Waals surface area contributed by atoms with Crippen molar-refractivity contribution in [1.29, 1.82) is 0 Å². The Balaban J connectivity index is 1.38. The van der Waals surface area contributed by atoms with Gasteiger partial charge in [0.15, 0.2) is 5.13 Å². The zero-order valence-electron chi connectivity index (χ0n) is 16.1. The molecule has 0 unspecified atom stereocenters. The van der Waals surface area contributed by atoms with Gasteiger partial charge in [0.25, 0.3) is 5.91 Å². The number of aryl methyl sites for hydroxylation is 1. The number of hydrogen-bond acceptors (Lipinski definition) is 6. The molecule has 0 spiro atoms. The first-order chi connectivity index (χ1) is 14.1. The molecule has 3 heterocycles. The lowest BCUT2D eigenvalue weighted by molar-refractivity contribution is -0.115. The summed E-state index contributed by atoms with van der Waals surface area (Å²) in [5.74, 6) is 0.141. The van der Waals surface area contributed by atoms with Crippen molar-refractivity contribution in [2.75, 3.05) is 28.6 Å². The largest absolute Gasteiger partial charge is 0.469 e. The molecule has 0 bridgehead atoms. The summed E-state index contributed by atoms with van der Waals surface area (Å²) in [5, 5.41) is 7.98. The van der Waals surface area contributed by atoms with Gasteiger partial charge >= 0.3 is 0 Å².